The Hall–Kier alpha value is -1.97. The summed E-state index contributed by atoms with van der Waals surface area (Å²) in [6.07, 6.45) is 0.929. The summed E-state index contributed by atoms with van der Waals surface area (Å²) < 4.78 is 5.83. The molecule has 0 aromatic heterocycles. The SMILES string of the molecule is NC(=O)C(Cc1ccc(Cl)c(Cl)c1)NC(=O)c1cccc2c1OCCC2NCC(N)CS. The lowest BCUT2D eigenvalue weighted by atomic mass is 9.96. The molecule has 0 saturated carbocycles. The molecule has 3 rings (SSSR count). The van der Waals surface area contributed by atoms with Crippen LogP contribution in [0, 0.1) is 0 Å². The molecule has 6 N–H and O–H groups in total. The van der Waals surface area contributed by atoms with Gasteiger partial charge in [-0.05, 0) is 23.8 Å². The van der Waals surface area contributed by atoms with Gasteiger partial charge in [0, 0.05) is 42.8 Å². The van der Waals surface area contributed by atoms with E-state index < -0.39 is 17.9 Å². The average molecular weight is 497 g/mol. The molecule has 3 atom stereocenters. The van der Waals surface area contributed by atoms with Crippen molar-refractivity contribution in [3.05, 3.63) is 63.1 Å². The van der Waals surface area contributed by atoms with E-state index in [0.717, 1.165) is 17.5 Å². The molecule has 172 valence electrons. The number of nitrogens with one attached hydrogen (secondary N) is 2. The third-order valence-electron chi connectivity index (χ3n) is 5.25. The standard InChI is InChI=1S/C22H26Cl2N4O3S/c23-16-5-4-12(8-17(16)24)9-19(21(26)29)28-22(30)15-3-1-2-14-18(6-7-31-20(14)15)27-10-13(25)11-32/h1-5,8,13,18-19,27,32H,6-7,9-11,25H2,(H2,26,29)(H,28,30). The monoisotopic (exact) mass is 496 g/mol. The van der Waals surface area contributed by atoms with E-state index in [9.17, 15) is 9.59 Å². The number of halogens is 2. The van der Waals surface area contributed by atoms with Gasteiger partial charge >= 0.3 is 0 Å². The van der Waals surface area contributed by atoms with Crippen LogP contribution in [-0.4, -0.2) is 42.8 Å². The lowest BCUT2D eigenvalue weighted by Crippen LogP contribution is -2.46. The number of fused-ring (bicyclic) bond motifs is 1. The Balaban J connectivity index is 1.77. The van der Waals surface area contributed by atoms with Crippen LogP contribution in [0.2, 0.25) is 10.0 Å². The molecule has 0 bridgehead atoms. The number of hydrogen-bond acceptors (Lipinski definition) is 6. The third kappa shape index (κ3) is 6.08. The number of carbonyl (C=O) groups is 2. The quantitative estimate of drug-likeness (QED) is 0.341. The molecule has 2 aromatic carbocycles. The fourth-order valence-electron chi connectivity index (χ4n) is 3.53. The zero-order valence-corrected chi connectivity index (χ0v) is 19.7. The largest absolute Gasteiger partial charge is 0.492 e. The molecule has 2 amide bonds. The summed E-state index contributed by atoms with van der Waals surface area (Å²) in [7, 11) is 0. The van der Waals surface area contributed by atoms with E-state index in [1.165, 1.54) is 0 Å². The van der Waals surface area contributed by atoms with Gasteiger partial charge < -0.3 is 26.8 Å². The van der Waals surface area contributed by atoms with E-state index in [0.29, 0.717) is 40.3 Å². The smallest absolute Gasteiger partial charge is 0.255 e. The van der Waals surface area contributed by atoms with Crippen molar-refractivity contribution in [3.8, 4) is 5.75 Å². The summed E-state index contributed by atoms with van der Waals surface area (Å²) >= 11 is 16.2. The van der Waals surface area contributed by atoms with Gasteiger partial charge in [0.25, 0.3) is 5.91 Å². The van der Waals surface area contributed by atoms with Gasteiger partial charge in [-0.2, -0.15) is 12.6 Å². The van der Waals surface area contributed by atoms with Crippen LogP contribution >= 0.6 is 35.8 Å². The number of benzene rings is 2. The normalized spacial score (nSPS) is 17.1. The van der Waals surface area contributed by atoms with Crippen molar-refractivity contribution < 1.29 is 14.3 Å². The predicted octanol–water partition coefficient (Wildman–Crippen LogP) is 2.49. The minimum Gasteiger partial charge on any atom is -0.492 e. The molecule has 0 saturated heterocycles. The average Bonchev–Trinajstić information content (AvgIpc) is 2.78. The maximum absolute atomic E-state index is 13.1. The van der Waals surface area contributed by atoms with Crippen LogP contribution < -0.4 is 26.8 Å². The van der Waals surface area contributed by atoms with E-state index in [1.54, 1.807) is 30.3 Å². The lowest BCUT2D eigenvalue weighted by Gasteiger charge is -2.29. The third-order valence-corrected chi connectivity index (χ3v) is 6.46. The highest BCUT2D eigenvalue weighted by Crippen LogP contribution is 2.35. The van der Waals surface area contributed by atoms with Crippen LogP contribution in [0.15, 0.2) is 36.4 Å². The van der Waals surface area contributed by atoms with Crippen LogP contribution in [0.3, 0.4) is 0 Å². The highest BCUT2D eigenvalue weighted by Gasteiger charge is 2.28. The second kappa shape index (κ2) is 11.2. The molecule has 3 unspecified atom stereocenters. The van der Waals surface area contributed by atoms with Crippen molar-refractivity contribution in [3.63, 3.8) is 0 Å². The number of amides is 2. The second-order valence-electron chi connectivity index (χ2n) is 7.65. The summed E-state index contributed by atoms with van der Waals surface area (Å²) in [6.45, 7) is 1.05. The van der Waals surface area contributed by atoms with E-state index in [-0.39, 0.29) is 18.5 Å². The summed E-state index contributed by atoms with van der Waals surface area (Å²) in [6, 6.07) is 9.36. The Bertz CT molecular complexity index is 992. The van der Waals surface area contributed by atoms with Gasteiger partial charge in [-0.15, -0.1) is 0 Å². The molecular formula is C22H26Cl2N4O3S. The summed E-state index contributed by atoms with van der Waals surface area (Å²) in [5.74, 6) is -0.0430. The molecule has 2 aromatic rings. The molecule has 1 aliphatic rings. The Morgan fingerprint density at radius 1 is 1.22 bits per heavy atom. The maximum atomic E-state index is 13.1. The zero-order valence-electron chi connectivity index (χ0n) is 17.3. The van der Waals surface area contributed by atoms with Crippen molar-refractivity contribution in [2.24, 2.45) is 11.5 Å². The molecule has 0 fully saturated rings. The van der Waals surface area contributed by atoms with Crippen molar-refractivity contribution >= 4 is 47.6 Å². The Morgan fingerprint density at radius 2 is 2.00 bits per heavy atom. The second-order valence-corrected chi connectivity index (χ2v) is 8.83. The lowest BCUT2D eigenvalue weighted by molar-refractivity contribution is -0.119. The van der Waals surface area contributed by atoms with Gasteiger partial charge in [-0.1, -0.05) is 41.4 Å². The van der Waals surface area contributed by atoms with Crippen LogP contribution in [0.25, 0.3) is 0 Å². The van der Waals surface area contributed by atoms with Gasteiger partial charge in [-0.3, -0.25) is 9.59 Å². The van der Waals surface area contributed by atoms with Gasteiger partial charge in [0.1, 0.15) is 11.8 Å². The van der Waals surface area contributed by atoms with Crippen molar-refractivity contribution in [2.75, 3.05) is 18.9 Å². The Kier molecular flexibility index (Phi) is 8.67. The number of rotatable bonds is 9. The number of para-hydroxylation sites is 1. The fourth-order valence-corrected chi connectivity index (χ4v) is 3.98. The molecule has 0 spiro atoms. The number of hydrogen-bond donors (Lipinski definition) is 5. The number of primary amides is 1. The van der Waals surface area contributed by atoms with Crippen LogP contribution in [-0.2, 0) is 11.2 Å². The first kappa shape index (κ1) is 24.7. The van der Waals surface area contributed by atoms with Crippen molar-refractivity contribution in [2.45, 2.75) is 31.0 Å². The van der Waals surface area contributed by atoms with Gasteiger partial charge in [-0.25, -0.2) is 0 Å². The Labute approximate surface area is 202 Å². The highest BCUT2D eigenvalue weighted by molar-refractivity contribution is 7.80. The molecule has 7 nitrogen and oxygen atoms in total. The molecule has 0 aliphatic carbocycles. The number of ether oxygens (including phenoxy) is 1. The molecular weight excluding hydrogens is 471 g/mol. The maximum Gasteiger partial charge on any atom is 0.255 e. The fraction of sp³-hybridized carbons (Fsp3) is 0.364. The zero-order chi connectivity index (χ0) is 23.3. The van der Waals surface area contributed by atoms with E-state index in [2.05, 4.69) is 23.3 Å². The van der Waals surface area contributed by atoms with Gasteiger partial charge in [0.05, 0.1) is 22.2 Å². The predicted molar refractivity (Wildman–Crippen MR) is 130 cm³/mol. The van der Waals surface area contributed by atoms with Gasteiger partial charge in [0.2, 0.25) is 5.91 Å². The van der Waals surface area contributed by atoms with Crippen molar-refractivity contribution in [1.82, 2.24) is 10.6 Å². The van der Waals surface area contributed by atoms with Crippen LogP contribution in [0.1, 0.15) is 33.9 Å². The Morgan fingerprint density at radius 3 is 2.69 bits per heavy atom. The summed E-state index contributed by atoms with van der Waals surface area (Å²) in [5, 5.41) is 6.90. The van der Waals surface area contributed by atoms with E-state index in [4.69, 9.17) is 39.4 Å². The summed E-state index contributed by atoms with van der Waals surface area (Å²) in [5.41, 5.74) is 13.4. The van der Waals surface area contributed by atoms with Crippen LogP contribution in [0.4, 0.5) is 0 Å². The molecule has 10 heteroatoms. The first-order valence-electron chi connectivity index (χ1n) is 10.2. The first-order chi connectivity index (χ1) is 15.3. The minimum absolute atomic E-state index is 0.000537. The van der Waals surface area contributed by atoms with Crippen molar-refractivity contribution in [1.29, 1.82) is 0 Å². The summed E-state index contributed by atoms with van der Waals surface area (Å²) in [4.78, 5) is 25.1. The molecule has 1 aliphatic heterocycles. The van der Waals surface area contributed by atoms with E-state index in [1.807, 2.05) is 6.07 Å². The number of nitrogens with two attached hydrogens (primary N) is 2. The minimum atomic E-state index is -0.929. The molecule has 0 radical (unpaired) electrons. The van der Waals surface area contributed by atoms with Crippen LogP contribution in [0.5, 0.6) is 5.75 Å². The highest BCUT2D eigenvalue weighted by atomic mass is 35.5. The molecule has 1 heterocycles. The topological polar surface area (TPSA) is 119 Å². The molecule has 32 heavy (non-hydrogen) atoms. The number of thiol groups is 1. The van der Waals surface area contributed by atoms with Gasteiger partial charge in [0.15, 0.2) is 0 Å². The first-order valence-corrected chi connectivity index (χ1v) is 11.6. The number of carbonyl (C=O) groups excluding carboxylic acids is 2. The van der Waals surface area contributed by atoms with E-state index >= 15 is 0 Å².